The van der Waals surface area contributed by atoms with Crippen LogP contribution in [-0.2, 0) is 4.79 Å². The zero-order chi connectivity index (χ0) is 14.8. The molecule has 0 atom stereocenters. The van der Waals surface area contributed by atoms with Gasteiger partial charge >= 0.3 is 0 Å². The minimum atomic E-state index is 0.0300. The second-order valence-corrected chi connectivity index (χ2v) is 5.53. The van der Waals surface area contributed by atoms with E-state index >= 15 is 0 Å². The van der Waals surface area contributed by atoms with Crippen LogP contribution >= 0.6 is 11.8 Å². The third-order valence-electron chi connectivity index (χ3n) is 3.26. The number of thioether (sulfide) groups is 1. The number of nitrogens with zero attached hydrogens (tertiary/aromatic N) is 2. The largest absolute Gasteiger partial charge is 0.497 e. The predicted octanol–water partition coefficient (Wildman–Crippen LogP) is 3.34. The molecule has 0 aromatic heterocycles. The van der Waals surface area contributed by atoms with E-state index in [1.165, 1.54) is 11.8 Å². The van der Waals surface area contributed by atoms with E-state index in [1.807, 2.05) is 36.4 Å². The van der Waals surface area contributed by atoms with Crippen LogP contribution < -0.4 is 9.64 Å². The van der Waals surface area contributed by atoms with Crippen LogP contribution in [0.3, 0.4) is 0 Å². The Morgan fingerprint density at radius 2 is 2.00 bits per heavy atom. The van der Waals surface area contributed by atoms with Gasteiger partial charge in [0, 0.05) is 10.6 Å². The van der Waals surface area contributed by atoms with E-state index in [-0.39, 0.29) is 5.91 Å². The van der Waals surface area contributed by atoms with Gasteiger partial charge < -0.3 is 4.74 Å². The lowest BCUT2D eigenvalue weighted by Crippen LogP contribution is -2.30. The molecule has 0 saturated heterocycles. The first-order valence-electron chi connectivity index (χ1n) is 6.37. The molecule has 5 heteroatoms. The first-order chi connectivity index (χ1) is 10.2. The van der Waals surface area contributed by atoms with Gasteiger partial charge in [-0.05, 0) is 42.5 Å². The summed E-state index contributed by atoms with van der Waals surface area (Å²) in [6.45, 7) is 0. The summed E-state index contributed by atoms with van der Waals surface area (Å²) in [5.41, 5.74) is 2.22. The molecule has 0 N–H and O–H groups in total. The number of methoxy groups -OCH3 is 1. The van der Waals surface area contributed by atoms with E-state index in [0.717, 1.165) is 22.0 Å². The number of rotatable bonds is 2. The number of hydrogen-bond donors (Lipinski definition) is 0. The Hall–Kier alpha value is -2.45. The van der Waals surface area contributed by atoms with Gasteiger partial charge in [0.1, 0.15) is 5.75 Å². The maximum Gasteiger partial charge on any atom is 0.241 e. The maximum absolute atomic E-state index is 12.3. The number of ether oxygens (including phenoxy) is 1. The Bertz CT molecular complexity index is 735. The van der Waals surface area contributed by atoms with Gasteiger partial charge in [-0.25, -0.2) is 0 Å². The lowest BCUT2D eigenvalue weighted by molar-refractivity contribution is -0.115. The summed E-state index contributed by atoms with van der Waals surface area (Å²) in [5, 5.41) is 8.98. The molecule has 0 aliphatic carbocycles. The number of carbonyl (C=O) groups is 1. The number of hydrogen-bond acceptors (Lipinski definition) is 4. The fraction of sp³-hybridized carbons (Fsp3) is 0.125. The van der Waals surface area contributed by atoms with Crippen LogP contribution in [0.5, 0.6) is 5.75 Å². The molecule has 2 aromatic carbocycles. The Labute approximate surface area is 126 Å². The van der Waals surface area contributed by atoms with Crippen LogP contribution in [0, 0.1) is 11.3 Å². The normalized spacial score (nSPS) is 13.5. The molecule has 0 fully saturated rings. The molecule has 3 rings (SSSR count). The molecule has 21 heavy (non-hydrogen) atoms. The maximum atomic E-state index is 12.3. The highest BCUT2D eigenvalue weighted by Gasteiger charge is 2.26. The van der Waals surface area contributed by atoms with Crippen LogP contribution in [0.2, 0.25) is 0 Å². The summed E-state index contributed by atoms with van der Waals surface area (Å²) in [4.78, 5) is 14.9. The van der Waals surface area contributed by atoms with E-state index in [2.05, 4.69) is 6.07 Å². The van der Waals surface area contributed by atoms with Crippen molar-refractivity contribution in [1.29, 1.82) is 5.26 Å². The summed E-state index contributed by atoms with van der Waals surface area (Å²) in [6.07, 6.45) is 0. The lowest BCUT2D eigenvalue weighted by Gasteiger charge is -2.29. The standard InChI is InChI=1S/C16H12N2O2S/c1-20-13-5-3-12(4-6-13)18-14-7-2-11(9-17)8-15(14)21-10-16(18)19/h2-8H,10H2,1H3. The molecule has 0 unspecified atom stereocenters. The van der Waals surface area contributed by atoms with Crippen molar-refractivity contribution in [2.75, 3.05) is 17.8 Å². The minimum Gasteiger partial charge on any atom is -0.497 e. The van der Waals surface area contributed by atoms with Gasteiger partial charge in [0.25, 0.3) is 0 Å². The van der Waals surface area contributed by atoms with Crippen molar-refractivity contribution in [3.63, 3.8) is 0 Å². The SMILES string of the molecule is COc1ccc(N2C(=O)CSc3cc(C#N)ccc32)cc1. The van der Waals surface area contributed by atoms with Crippen LogP contribution in [0.25, 0.3) is 0 Å². The number of carbonyl (C=O) groups excluding carboxylic acids is 1. The number of anilines is 2. The highest BCUT2D eigenvalue weighted by atomic mass is 32.2. The summed E-state index contributed by atoms with van der Waals surface area (Å²) >= 11 is 1.47. The van der Waals surface area contributed by atoms with Gasteiger partial charge in [-0.1, -0.05) is 0 Å². The van der Waals surface area contributed by atoms with Crippen molar-refractivity contribution in [3.8, 4) is 11.8 Å². The quantitative estimate of drug-likeness (QED) is 0.853. The van der Waals surface area contributed by atoms with Gasteiger partial charge in [-0.3, -0.25) is 9.69 Å². The van der Waals surface area contributed by atoms with Crippen molar-refractivity contribution in [2.45, 2.75) is 4.90 Å². The zero-order valence-electron chi connectivity index (χ0n) is 11.4. The van der Waals surface area contributed by atoms with Gasteiger partial charge in [0.2, 0.25) is 5.91 Å². The molecule has 0 saturated carbocycles. The smallest absolute Gasteiger partial charge is 0.241 e. The van der Waals surface area contributed by atoms with Gasteiger partial charge in [0.15, 0.2) is 0 Å². The first kappa shape index (κ1) is 13.5. The second-order valence-electron chi connectivity index (χ2n) is 4.51. The summed E-state index contributed by atoms with van der Waals surface area (Å²) < 4.78 is 5.14. The number of nitriles is 1. The molecule has 0 radical (unpaired) electrons. The van der Waals surface area contributed by atoms with Crippen molar-refractivity contribution in [3.05, 3.63) is 48.0 Å². The summed E-state index contributed by atoms with van der Waals surface area (Å²) in [7, 11) is 1.61. The van der Waals surface area contributed by atoms with E-state index < -0.39 is 0 Å². The molecule has 0 bridgehead atoms. The van der Waals surface area contributed by atoms with Crippen molar-refractivity contribution in [1.82, 2.24) is 0 Å². The van der Waals surface area contributed by atoms with E-state index in [4.69, 9.17) is 10.00 Å². The predicted molar refractivity (Wildman–Crippen MR) is 82.0 cm³/mol. The molecule has 2 aromatic rings. The monoisotopic (exact) mass is 296 g/mol. The number of benzene rings is 2. The molecule has 0 spiro atoms. The van der Waals surface area contributed by atoms with E-state index in [0.29, 0.717) is 11.3 Å². The molecule has 1 heterocycles. The molecular weight excluding hydrogens is 284 g/mol. The average Bonchev–Trinajstić information content (AvgIpc) is 2.54. The molecule has 4 nitrogen and oxygen atoms in total. The average molecular weight is 296 g/mol. The molecule has 104 valence electrons. The summed E-state index contributed by atoms with van der Waals surface area (Å²) in [6, 6.07) is 14.9. The Morgan fingerprint density at radius 3 is 2.67 bits per heavy atom. The van der Waals surface area contributed by atoms with Crippen molar-refractivity contribution < 1.29 is 9.53 Å². The lowest BCUT2D eigenvalue weighted by atomic mass is 10.1. The number of fused-ring (bicyclic) bond motifs is 1. The third kappa shape index (κ3) is 2.46. The van der Waals surface area contributed by atoms with Gasteiger partial charge in [-0.15, -0.1) is 11.8 Å². The number of amides is 1. The summed E-state index contributed by atoms with van der Waals surface area (Å²) in [5.74, 6) is 1.15. The Kier molecular flexibility index (Phi) is 3.55. The Balaban J connectivity index is 2.06. The van der Waals surface area contributed by atoms with Crippen LogP contribution in [0.15, 0.2) is 47.4 Å². The van der Waals surface area contributed by atoms with E-state index in [1.54, 1.807) is 18.1 Å². The fourth-order valence-electron chi connectivity index (χ4n) is 2.24. The zero-order valence-corrected chi connectivity index (χ0v) is 12.2. The highest BCUT2D eigenvalue weighted by Crippen LogP contribution is 2.40. The van der Waals surface area contributed by atoms with Gasteiger partial charge in [-0.2, -0.15) is 5.26 Å². The molecule has 1 amide bonds. The van der Waals surface area contributed by atoms with Crippen LogP contribution in [0.1, 0.15) is 5.56 Å². The highest BCUT2D eigenvalue weighted by molar-refractivity contribution is 8.00. The second kappa shape index (κ2) is 5.51. The molecular formula is C16H12N2O2S. The first-order valence-corrected chi connectivity index (χ1v) is 7.35. The van der Waals surface area contributed by atoms with Crippen LogP contribution in [0.4, 0.5) is 11.4 Å². The Morgan fingerprint density at radius 1 is 1.24 bits per heavy atom. The van der Waals surface area contributed by atoms with Crippen molar-refractivity contribution in [2.24, 2.45) is 0 Å². The van der Waals surface area contributed by atoms with Gasteiger partial charge in [0.05, 0.1) is 30.2 Å². The van der Waals surface area contributed by atoms with Crippen LogP contribution in [-0.4, -0.2) is 18.8 Å². The molecule has 1 aliphatic heterocycles. The van der Waals surface area contributed by atoms with Crippen molar-refractivity contribution >= 4 is 29.0 Å². The fourth-order valence-corrected chi connectivity index (χ4v) is 3.16. The topological polar surface area (TPSA) is 53.3 Å². The molecule has 1 aliphatic rings. The van der Waals surface area contributed by atoms with E-state index in [9.17, 15) is 4.79 Å². The third-order valence-corrected chi connectivity index (χ3v) is 4.29. The minimum absolute atomic E-state index is 0.0300.